The molecule has 150 valence electrons. The van der Waals surface area contributed by atoms with E-state index in [0.717, 1.165) is 12.1 Å². The Morgan fingerprint density at radius 1 is 1.21 bits per heavy atom. The van der Waals surface area contributed by atoms with Crippen molar-refractivity contribution in [1.82, 2.24) is 0 Å². The van der Waals surface area contributed by atoms with Crippen molar-refractivity contribution in [2.45, 2.75) is 45.8 Å². The summed E-state index contributed by atoms with van der Waals surface area (Å²) < 4.78 is 54.0. The molecule has 0 amide bonds. The second kappa shape index (κ2) is 7.37. The lowest BCUT2D eigenvalue weighted by molar-refractivity contribution is -0.141. The van der Waals surface area contributed by atoms with E-state index in [1.54, 1.807) is 0 Å². The maximum absolute atomic E-state index is 14.3. The Balaban J connectivity index is 1.81. The summed E-state index contributed by atoms with van der Waals surface area (Å²) in [6.07, 6.45) is 0.437. The number of hydrogen-bond acceptors (Lipinski definition) is 3. The van der Waals surface area contributed by atoms with E-state index >= 15 is 0 Å². The second-order valence-corrected chi connectivity index (χ2v) is 7.66. The first kappa shape index (κ1) is 20.0. The van der Waals surface area contributed by atoms with E-state index in [-0.39, 0.29) is 24.2 Å². The van der Waals surface area contributed by atoms with Gasteiger partial charge in [-0.25, -0.2) is 13.2 Å². The van der Waals surface area contributed by atoms with Gasteiger partial charge in [0.05, 0.1) is 5.92 Å². The van der Waals surface area contributed by atoms with Gasteiger partial charge in [-0.1, -0.05) is 6.92 Å². The van der Waals surface area contributed by atoms with Gasteiger partial charge in [-0.3, -0.25) is 4.79 Å². The van der Waals surface area contributed by atoms with Crippen LogP contribution < -0.4 is 9.47 Å². The molecule has 0 aliphatic carbocycles. The van der Waals surface area contributed by atoms with Crippen molar-refractivity contribution < 1.29 is 32.5 Å². The molecule has 0 unspecified atom stereocenters. The molecular weight excluding hydrogens is 373 g/mol. The molecule has 0 aromatic heterocycles. The number of aliphatic carboxylic acids is 1. The fourth-order valence-electron chi connectivity index (χ4n) is 3.30. The molecule has 1 aliphatic rings. The monoisotopic (exact) mass is 394 g/mol. The van der Waals surface area contributed by atoms with Gasteiger partial charge < -0.3 is 14.6 Å². The Morgan fingerprint density at radius 3 is 2.46 bits per heavy atom. The SMILES string of the molecule is C[C@H](Cc1cc(F)c(OCc2c(F)ccc3c2CC(C)(C)O3)c(F)c1)C(=O)O. The molecule has 2 aromatic rings. The van der Waals surface area contributed by atoms with E-state index < -0.39 is 40.7 Å². The second-order valence-electron chi connectivity index (χ2n) is 7.66. The van der Waals surface area contributed by atoms with Crippen LogP contribution in [0.4, 0.5) is 13.2 Å². The highest BCUT2D eigenvalue weighted by Crippen LogP contribution is 2.38. The molecule has 0 bridgehead atoms. The van der Waals surface area contributed by atoms with Crippen molar-refractivity contribution in [3.63, 3.8) is 0 Å². The molecule has 0 fully saturated rings. The average molecular weight is 394 g/mol. The van der Waals surface area contributed by atoms with E-state index in [4.69, 9.17) is 14.6 Å². The van der Waals surface area contributed by atoms with Crippen molar-refractivity contribution >= 4 is 5.97 Å². The van der Waals surface area contributed by atoms with Gasteiger partial charge >= 0.3 is 5.97 Å². The van der Waals surface area contributed by atoms with E-state index in [2.05, 4.69) is 0 Å². The van der Waals surface area contributed by atoms with Gasteiger partial charge in [0.15, 0.2) is 17.4 Å². The molecule has 1 heterocycles. The largest absolute Gasteiger partial charge is 0.487 e. The zero-order chi connectivity index (χ0) is 20.6. The van der Waals surface area contributed by atoms with Gasteiger partial charge in [0, 0.05) is 17.5 Å². The summed E-state index contributed by atoms with van der Waals surface area (Å²) in [5, 5.41) is 8.93. The minimum atomic E-state index is -1.06. The molecule has 0 spiro atoms. The number of rotatable bonds is 6. The smallest absolute Gasteiger partial charge is 0.306 e. The maximum atomic E-state index is 14.3. The summed E-state index contributed by atoms with van der Waals surface area (Å²) in [4.78, 5) is 10.9. The van der Waals surface area contributed by atoms with Crippen LogP contribution in [-0.4, -0.2) is 16.7 Å². The van der Waals surface area contributed by atoms with Crippen LogP contribution >= 0.6 is 0 Å². The standard InChI is InChI=1S/C21H21F3O4/c1-11(20(25)26)6-12-7-16(23)19(17(24)8-12)27-10-14-13-9-21(2,3)28-18(13)5-4-15(14)22/h4-5,7-8,11H,6,9-10H2,1-3H3,(H,25,26)/t11-/m1/s1. The molecular formula is C21H21F3O4. The van der Waals surface area contributed by atoms with Gasteiger partial charge in [-0.2, -0.15) is 0 Å². The fourth-order valence-corrected chi connectivity index (χ4v) is 3.30. The number of fused-ring (bicyclic) bond motifs is 1. The Bertz CT molecular complexity index is 901. The number of hydrogen-bond donors (Lipinski definition) is 1. The third-order valence-electron chi connectivity index (χ3n) is 4.70. The van der Waals surface area contributed by atoms with Crippen LogP contribution in [0.25, 0.3) is 0 Å². The van der Waals surface area contributed by atoms with Crippen LogP contribution in [-0.2, 0) is 24.2 Å². The van der Waals surface area contributed by atoms with Gasteiger partial charge in [0.2, 0.25) is 0 Å². The zero-order valence-electron chi connectivity index (χ0n) is 15.8. The summed E-state index contributed by atoms with van der Waals surface area (Å²) in [5.74, 6) is -4.39. The normalized spacial score (nSPS) is 15.6. The Morgan fingerprint density at radius 2 is 1.86 bits per heavy atom. The lowest BCUT2D eigenvalue weighted by Gasteiger charge is -2.16. The van der Waals surface area contributed by atoms with Gasteiger partial charge in [0.25, 0.3) is 0 Å². The van der Waals surface area contributed by atoms with Crippen molar-refractivity contribution in [3.05, 3.63) is 58.4 Å². The Kier molecular flexibility index (Phi) is 5.28. The number of ether oxygens (including phenoxy) is 2. The molecule has 1 atom stereocenters. The van der Waals surface area contributed by atoms with E-state index in [1.165, 1.54) is 19.1 Å². The van der Waals surface area contributed by atoms with Crippen molar-refractivity contribution in [2.24, 2.45) is 5.92 Å². The zero-order valence-corrected chi connectivity index (χ0v) is 15.8. The number of carbonyl (C=O) groups is 1. The highest BCUT2D eigenvalue weighted by Gasteiger charge is 2.33. The Labute approximate surface area is 160 Å². The maximum Gasteiger partial charge on any atom is 0.306 e. The lowest BCUT2D eigenvalue weighted by atomic mass is 9.97. The van der Waals surface area contributed by atoms with Crippen LogP contribution in [0.1, 0.15) is 37.5 Å². The molecule has 0 saturated heterocycles. The highest BCUT2D eigenvalue weighted by molar-refractivity contribution is 5.69. The molecule has 28 heavy (non-hydrogen) atoms. The quantitative estimate of drug-likeness (QED) is 0.774. The van der Waals surface area contributed by atoms with E-state index in [1.807, 2.05) is 13.8 Å². The van der Waals surface area contributed by atoms with Gasteiger partial charge in [-0.05, 0) is 50.1 Å². The predicted octanol–water partition coefficient (Wildman–Crippen LogP) is 4.66. The highest BCUT2D eigenvalue weighted by atomic mass is 19.1. The molecule has 1 N–H and O–H groups in total. The average Bonchev–Trinajstić information content (AvgIpc) is 2.90. The number of carboxylic acid groups (broad SMARTS) is 1. The van der Waals surface area contributed by atoms with E-state index in [0.29, 0.717) is 17.7 Å². The molecule has 3 rings (SSSR count). The minimum absolute atomic E-state index is 0.0172. The molecule has 7 heteroatoms. The minimum Gasteiger partial charge on any atom is -0.487 e. The van der Waals surface area contributed by atoms with Crippen molar-refractivity contribution in [3.8, 4) is 11.5 Å². The van der Waals surface area contributed by atoms with E-state index in [9.17, 15) is 18.0 Å². The first-order valence-corrected chi connectivity index (χ1v) is 8.90. The van der Waals surface area contributed by atoms with Crippen LogP contribution in [0, 0.1) is 23.4 Å². The topological polar surface area (TPSA) is 55.8 Å². The van der Waals surface area contributed by atoms with Crippen LogP contribution in [0.2, 0.25) is 0 Å². The summed E-state index contributed by atoms with van der Waals surface area (Å²) >= 11 is 0. The third-order valence-corrected chi connectivity index (χ3v) is 4.70. The fraction of sp³-hybridized carbons (Fsp3) is 0.381. The molecule has 1 aliphatic heterocycles. The molecule has 2 aromatic carbocycles. The van der Waals surface area contributed by atoms with Crippen LogP contribution in [0.5, 0.6) is 11.5 Å². The van der Waals surface area contributed by atoms with Crippen molar-refractivity contribution in [2.75, 3.05) is 0 Å². The lowest BCUT2D eigenvalue weighted by Crippen LogP contribution is -2.24. The summed E-state index contributed by atoms with van der Waals surface area (Å²) in [6, 6.07) is 4.84. The Hall–Kier alpha value is -2.70. The van der Waals surface area contributed by atoms with Crippen LogP contribution in [0.15, 0.2) is 24.3 Å². The number of carboxylic acids is 1. The summed E-state index contributed by atoms with van der Waals surface area (Å²) in [7, 11) is 0. The van der Waals surface area contributed by atoms with Crippen molar-refractivity contribution in [1.29, 1.82) is 0 Å². The number of halogens is 3. The molecule has 0 saturated carbocycles. The predicted molar refractivity (Wildman–Crippen MR) is 96.0 cm³/mol. The summed E-state index contributed by atoms with van der Waals surface area (Å²) in [5.41, 5.74) is 0.534. The molecule has 4 nitrogen and oxygen atoms in total. The van der Waals surface area contributed by atoms with Crippen LogP contribution in [0.3, 0.4) is 0 Å². The molecule has 0 radical (unpaired) electrons. The summed E-state index contributed by atoms with van der Waals surface area (Å²) in [6.45, 7) is 4.83. The first-order valence-electron chi connectivity index (χ1n) is 8.90. The van der Waals surface area contributed by atoms with Gasteiger partial charge in [-0.15, -0.1) is 0 Å². The first-order chi connectivity index (χ1) is 13.1. The third kappa shape index (κ3) is 4.08. The number of benzene rings is 2. The van der Waals surface area contributed by atoms with Gasteiger partial charge in [0.1, 0.15) is 23.8 Å².